The van der Waals surface area contributed by atoms with Gasteiger partial charge in [0.2, 0.25) is 16.6 Å². The van der Waals surface area contributed by atoms with E-state index in [4.69, 9.17) is 24.3 Å². The van der Waals surface area contributed by atoms with Gasteiger partial charge in [-0.25, -0.2) is 0 Å². The number of alkyl halides is 1. The van der Waals surface area contributed by atoms with Crippen LogP contribution in [0.25, 0.3) is 0 Å². The molecule has 0 fully saturated rings. The number of halogens is 1. The number of rotatable bonds is 10. The Morgan fingerprint density at radius 1 is 1.00 bits per heavy atom. The summed E-state index contributed by atoms with van der Waals surface area (Å²) in [5.74, 6) is 0.580. The Labute approximate surface area is 126 Å². The summed E-state index contributed by atoms with van der Waals surface area (Å²) in [7, 11) is -4.99. The minimum absolute atomic E-state index is 0.580. The van der Waals surface area contributed by atoms with Gasteiger partial charge in [-0.15, -0.1) is 24.8 Å². The quantitative estimate of drug-likeness (QED) is 0.443. The lowest BCUT2D eigenvalue weighted by atomic mass is 10.6. The molecular formula is C12H27ClO3Si3. The van der Waals surface area contributed by atoms with Crippen LogP contribution in [0.1, 0.15) is 6.42 Å². The predicted octanol–water partition coefficient (Wildman–Crippen LogP) is 4.09. The first-order valence-electron chi connectivity index (χ1n) is 6.44. The van der Waals surface area contributed by atoms with Crippen molar-refractivity contribution < 1.29 is 12.7 Å². The van der Waals surface area contributed by atoms with Crippen molar-refractivity contribution in [3.63, 3.8) is 0 Å². The zero-order valence-corrected chi connectivity index (χ0v) is 16.5. The summed E-state index contributed by atoms with van der Waals surface area (Å²) in [4.78, 5) is 0. The van der Waals surface area contributed by atoms with E-state index in [1.807, 2.05) is 11.4 Å². The van der Waals surface area contributed by atoms with Gasteiger partial charge in [-0.3, -0.25) is 0 Å². The molecule has 0 bridgehead atoms. The highest BCUT2D eigenvalue weighted by Crippen LogP contribution is 2.27. The van der Waals surface area contributed by atoms with Gasteiger partial charge in [-0.1, -0.05) is 11.4 Å². The van der Waals surface area contributed by atoms with Crippen molar-refractivity contribution in [2.24, 2.45) is 0 Å². The second-order valence-corrected chi connectivity index (χ2v) is 17.0. The van der Waals surface area contributed by atoms with Crippen LogP contribution in [0.5, 0.6) is 0 Å². The highest BCUT2D eigenvalue weighted by molar-refractivity contribution is 6.89. The van der Waals surface area contributed by atoms with Gasteiger partial charge < -0.3 is 12.7 Å². The SMILES string of the molecule is C=C[Si](C)(C)O[Si](CCCCl)(OC)O[Si](C)(C)C=C. The molecule has 0 aromatic rings. The standard InChI is InChI=1S/C12H27ClO3Si3/c1-8-17(4,5)15-19(14-3,12-10-11-13)16-18(6,7)9-2/h8-9H,1-2,10-12H2,3-7H3. The van der Waals surface area contributed by atoms with E-state index in [1.54, 1.807) is 7.11 Å². The monoisotopic (exact) mass is 338 g/mol. The van der Waals surface area contributed by atoms with Gasteiger partial charge >= 0.3 is 8.80 Å². The molecule has 0 amide bonds. The molecule has 7 heteroatoms. The molecular weight excluding hydrogens is 312 g/mol. The van der Waals surface area contributed by atoms with Gasteiger partial charge in [-0.05, 0) is 32.6 Å². The largest absolute Gasteiger partial charge is 0.480 e. The molecule has 0 saturated heterocycles. The van der Waals surface area contributed by atoms with Crippen molar-refractivity contribution in [3.05, 3.63) is 24.6 Å². The van der Waals surface area contributed by atoms with E-state index in [-0.39, 0.29) is 0 Å². The topological polar surface area (TPSA) is 27.7 Å². The molecule has 0 aliphatic rings. The molecule has 0 atom stereocenters. The third-order valence-corrected chi connectivity index (χ3v) is 13.3. The fraction of sp³-hybridized carbons (Fsp3) is 0.667. The van der Waals surface area contributed by atoms with Gasteiger partial charge in [0.15, 0.2) is 0 Å². The number of hydrogen-bond donors (Lipinski definition) is 0. The van der Waals surface area contributed by atoms with Gasteiger partial charge in [0, 0.05) is 19.0 Å². The van der Waals surface area contributed by atoms with E-state index in [0.717, 1.165) is 12.5 Å². The van der Waals surface area contributed by atoms with E-state index >= 15 is 0 Å². The van der Waals surface area contributed by atoms with Crippen molar-refractivity contribution in [1.29, 1.82) is 0 Å². The predicted molar refractivity (Wildman–Crippen MR) is 90.4 cm³/mol. The highest BCUT2D eigenvalue weighted by atomic mass is 35.5. The summed E-state index contributed by atoms with van der Waals surface area (Å²) in [6.45, 7) is 16.1. The van der Waals surface area contributed by atoms with Crippen LogP contribution in [0.3, 0.4) is 0 Å². The van der Waals surface area contributed by atoms with Crippen LogP contribution >= 0.6 is 11.6 Å². The van der Waals surface area contributed by atoms with Gasteiger partial charge in [0.05, 0.1) is 0 Å². The maximum Gasteiger partial charge on any atom is 0.480 e. The first-order valence-corrected chi connectivity index (χ1v) is 14.9. The second kappa shape index (κ2) is 7.92. The van der Waals surface area contributed by atoms with Crippen LogP contribution in [0, 0.1) is 0 Å². The third kappa shape index (κ3) is 7.03. The summed E-state index contributed by atoms with van der Waals surface area (Å²) in [6, 6.07) is 0.738. The molecule has 0 N–H and O–H groups in total. The molecule has 0 aromatic heterocycles. The van der Waals surface area contributed by atoms with E-state index in [1.165, 1.54) is 0 Å². The van der Waals surface area contributed by atoms with Crippen LogP contribution in [-0.2, 0) is 12.7 Å². The fourth-order valence-electron chi connectivity index (χ4n) is 1.48. The maximum absolute atomic E-state index is 6.31. The van der Waals surface area contributed by atoms with Crippen molar-refractivity contribution >= 4 is 37.0 Å². The lowest BCUT2D eigenvalue weighted by molar-refractivity contribution is 0.200. The molecule has 0 heterocycles. The summed E-state index contributed by atoms with van der Waals surface area (Å²) < 4.78 is 18.3. The summed E-state index contributed by atoms with van der Waals surface area (Å²) in [6.07, 6.45) is 0.824. The smallest absolute Gasteiger partial charge is 0.412 e. The fourth-order valence-corrected chi connectivity index (χ4v) is 11.8. The Bertz CT molecular complexity index is 287. The molecule has 19 heavy (non-hydrogen) atoms. The minimum atomic E-state index is -2.71. The summed E-state index contributed by atoms with van der Waals surface area (Å²) in [5, 5.41) is 0. The van der Waals surface area contributed by atoms with E-state index in [9.17, 15) is 0 Å². The molecule has 0 unspecified atom stereocenters. The molecule has 0 aliphatic heterocycles. The molecule has 0 spiro atoms. The van der Waals surface area contributed by atoms with E-state index in [0.29, 0.717) is 5.88 Å². The van der Waals surface area contributed by atoms with Crippen molar-refractivity contribution in [1.82, 2.24) is 0 Å². The highest BCUT2D eigenvalue weighted by Gasteiger charge is 2.47. The van der Waals surface area contributed by atoms with E-state index < -0.39 is 25.4 Å². The van der Waals surface area contributed by atoms with Crippen molar-refractivity contribution in [3.8, 4) is 0 Å². The van der Waals surface area contributed by atoms with Crippen LogP contribution in [-0.4, -0.2) is 38.4 Å². The normalized spacial score (nSPS) is 13.4. The van der Waals surface area contributed by atoms with Gasteiger partial charge in [-0.2, -0.15) is 0 Å². The van der Waals surface area contributed by atoms with Crippen LogP contribution < -0.4 is 0 Å². The van der Waals surface area contributed by atoms with Crippen LogP contribution in [0.2, 0.25) is 32.2 Å². The molecule has 0 aliphatic carbocycles. The number of hydrogen-bond acceptors (Lipinski definition) is 3. The van der Waals surface area contributed by atoms with Crippen molar-refractivity contribution in [2.45, 2.75) is 38.7 Å². The molecule has 112 valence electrons. The zero-order chi connectivity index (χ0) is 15.2. The molecule has 0 saturated carbocycles. The minimum Gasteiger partial charge on any atom is -0.412 e. The molecule has 0 radical (unpaired) electrons. The average Bonchev–Trinajstić information content (AvgIpc) is 2.35. The average molecular weight is 339 g/mol. The van der Waals surface area contributed by atoms with E-state index in [2.05, 4.69) is 39.3 Å². The van der Waals surface area contributed by atoms with Gasteiger partial charge in [0.1, 0.15) is 0 Å². The van der Waals surface area contributed by atoms with Gasteiger partial charge in [0.25, 0.3) is 0 Å². The van der Waals surface area contributed by atoms with Crippen molar-refractivity contribution in [2.75, 3.05) is 13.0 Å². The lowest BCUT2D eigenvalue weighted by Gasteiger charge is -2.38. The Balaban J connectivity index is 5.18. The van der Waals surface area contributed by atoms with Crippen LogP contribution in [0.15, 0.2) is 24.6 Å². The molecule has 0 aromatic carbocycles. The lowest BCUT2D eigenvalue weighted by Crippen LogP contribution is -2.57. The van der Waals surface area contributed by atoms with Crippen LogP contribution in [0.4, 0.5) is 0 Å². The Morgan fingerprint density at radius 3 is 1.68 bits per heavy atom. The first-order chi connectivity index (χ1) is 8.66. The first kappa shape index (κ1) is 19.3. The maximum atomic E-state index is 6.31. The third-order valence-electron chi connectivity index (χ3n) is 2.75. The molecule has 3 nitrogen and oxygen atoms in total. The Morgan fingerprint density at radius 2 is 1.42 bits per heavy atom. The Kier molecular flexibility index (Phi) is 8.04. The zero-order valence-electron chi connectivity index (χ0n) is 12.8. The summed E-state index contributed by atoms with van der Waals surface area (Å²) in [5.41, 5.74) is 3.81. The summed E-state index contributed by atoms with van der Waals surface area (Å²) >= 11 is 5.81. The molecule has 0 rings (SSSR count). The Hall–Kier alpha value is 0.301. The second-order valence-electron chi connectivity index (χ2n) is 5.50.